The van der Waals surface area contributed by atoms with Gasteiger partial charge < -0.3 is 5.32 Å². The molecule has 4 atom stereocenters. The van der Waals surface area contributed by atoms with Crippen molar-refractivity contribution in [3.05, 3.63) is 0 Å². The number of hydrogen-bond donors (Lipinski definition) is 1. The molecule has 0 bridgehead atoms. The highest BCUT2D eigenvalue weighted by molar-refractivity contribution is 4.97. The molecule has 2 aliphatic carbocycles. The van der Waals surface area contributed by atoms with E-state index in [4.69, 9.17) is 0 Å². The Balaban J connectivity index is 1.97. The lowest BCUT2D eigenvalue weighted by Crippen LogP contribution is -2.45. The van der Waals surface area contributed by atoms with Gasteiger partial charge in [0.05, 0.1) is 0 Å². The van der Waals surface area contributed by atoms with Crippen LogP contribution in [0, 0.1) is 17.8 Å². The van der Waals surface area contributed by atoms with Gasteiger partial charge in [-0.3, -0.25) is 0 Å². The summed E-state index contributed by atoms with van der Waals surface area (Å²) in [6.07, 6.45) is 5.83. The summed E-state index contributed by atoms with van der Waals surface area (Å²) in [6.45, 7) is 9.32. The van der Waals surface area contributed by atoms with E-state index >= 15 is 0 Å². The van der Waals surface area contributed by atoms with E-state index in [9.17, 15) is 0 Å². The Bertz CT molecular complexity index is 204. The van der Waals surface area contributed by atoms with Gasteiger partial charge in [-0.05, 0) is 57.8 Å². The molecule has 0 aromatic heterocycles. The molecule has 2 aliphatic rings. The van der Waals surface area contributed by atoms with E-state index in [0.717, 1.165) is 23.8 Å². The van der Waals surface area contributed by atoms with Crippen molar-refractivity contribution in [2.75, 3.05) is 0 Å². The highest BCUT2D eigenvalue weighted by Gasteiger charge is 2.43. The van der Waals surface area contributed by atoms with Crippen LogP contribution < -0.4 is 5.32 Å². The van der Waals surface area contributed by atoms with Gasteiger partial charge >= 0.3 is 0 Å². The Morgan fingerprint density at radius 2 is 1.57 bits per heavy atom. The number of rotatable bonds is 1. The van der Waals surface area contributed by atoms with Crippen molar-refractivity contribution in [2.45, 2.75) is 65.0 Å². The SMILES string of the molecule is CC1CCC2C(NC(C)(C)C)CCC12. The summed E-state index contributed by atoms with van der Waals surface area (Å²) < 4.78 is 0. The minimum Gasteiger partial charge on any atom is -0.309 e. The topological polar surface area (TPSA) is 12.0 Å². The summed E-state index contributed by atoms with van der Waals surface area (Å²) in [6, 6.07) is 0.810. The zero-order valence-electron chi connectivity index (χ0n) is 10.1. The number of nitrogens with one attached hydrogen (secondary N) is 1. The fourth-order valence-corrected chi connectivity index (χ4v) is 3.63. The van der Waals surface area contributed by atoms with Gasteiger partial charge in [0, 0.05) is 11.6 Å². The first-order valence-electron chi connectivity index (χ1n) is 6.25. The van der Waals surface area contributed by atoms with E-state index in [2.05, 4.69) is 33.0 Å². The van der Waals surface area contributed by atoms with Crippen molar-refractivity contribution in [3.63, 3.8) is 0 Å². The van der Waals surface area contributed by atoms with Crippen LogP contribution in [0.2, 0.25) is 0 Å². The lowest BCUT2D eigenvalue weighted by atomic mass is 9.92. The van der Waals surface area contributed by atoms with Crippen molar-refractivity contribution >= 4 is 0 Å². The van der Waals surface area contributed by atoms with Crippen molar-refractivity contribution in [2.24, 2.45) is 17.8 Å². The van der Waals surface area contributed by atoms with Crippen LogP contribution >= 0.6 is 0 Å². The molecule has 0 aromatic carbocycles. The summed E-state index contributed by atoms with van der Waals surface area (Å²) in [4.78, 5) is 0. The molecule has 2 saturated carbocycles. The van der Waals surface area contributed by atoms with Gasteiger partial charge in [-0.2, -0.15) is 0 Å². The second kappa shape index (κ2) is 3.52. The van der Waals surface area contributed by atoms with Crippen LogP contribution in [0.15, 0.2) is 0 Å². The molecule has 0 radical (unpaired) electrons. The number of fused-ring (bicyclic) bond motifs is 1. The first-order chi connectivity index (χ1) is 6.47. The van der Waals surface area contributed by atoms with Crippen LogP contribution in [-0.2, 0) is 0 Å². The van der Waals surface area contributed by atoms with Gasteiger partial charge in [0.25, 0.3) is 0 Å². The van der Waals surface area contributed by atoms with E-state index in [-0.39, 0.29) is 0 Å². The highest BCUT2D eigenvalue weighted by atomic mass is 15.0. The lowest BCUT2D eigenvalue weighted by Gasteiger charge is -2.29. The summed E-state index contributed by atoms with van der Waals surface area (Å²) in [5.74, 6) is 3.02. The molecule has 0 aromatic rings. The second-order valence-electron chi connectivity index (χ2n) is 6.46. The maximum absolute atomic E-state index is 3.81. The molecule has 0 heterocycles. The Labute approximate surface area is 88.7 Å². The molecular formula is C13H25N. The van der Waals surface area contributed by atoms with Gasteiger partial charge in [-0.1, -0.05) is 13.3 Å². The van der Waals surface area contributed by atoms with Crippen LogP contribution in [0.4, 0.5) is 0 Å². The fraction of sp³-hybridized carbons (Fsp3) is 1.00. The predicted octanol–water partition coefficient (Wildman–Crippen LogP) is 3.20. The quantitative estimate of drug-likeness (QED) is 0.677. The van der Waals surface area contributed by atoms with E-state index in [1.165, 1.54) is 25.7 Å². The van der Waals surface area contributed by atoms with Gasteiger partial charge in [0.2, 0.25) is 0 Å². The first kappa shape index (κ1) is 10.5. The molecule has 4 unspecified atom stereocenters. The highest BCUT2D eigenvalue weighted by Crippen LogP contribution is 2.47. The van der Waals surface area contributed by atoms with Gasteiger partial charge in [0.15, 0.2) is 0 Å². The first-order valence-corrected chi connectivity index (χ1v) is 6.25. The normalized spacial score (nSPS) is 42.9. The van der Waals surface area contributed by atoms with Gasteiger partial charge in [-0.25, -0.2) is 0 Å². The average molecular weight is 195 g/mol. The number of hydrogen-bond acceptors (Lipinski definition) is 1. The zero-order chi connectivity index (χ0) is 10.3. The van der Waals surface area contributed by atoms with E-state index in [0.29, 0.717) is 5.54 Å². The van der Waals surface area contributed by atoms with Crippen LogP contribution in [0.5, 0.6) is 0 Å². The van der Waals surface area contributed by atoms with Crippen LogP contribution in [0.25, 0.3) is 0 Å². The molecule has 82 valence electrons. The largest absolute Gasteiger partial charge is 0.309 e. The van der Waals surface area contributed by atoms with E-state index in [1.807, 2.05) is 0 Å². The third kappa shape index (κ3) is 1.98. The smallest absolute Gasteiger partial charge is 0.0103 e. The molecule has 1 nitrogen and oxygen atoms in total. The maximum atomic E-state index is 3.81. The van der Waals surface area contributed by atoms with Gasteiger partial charge in [-0.15, -0.1) is 0 Å². The van der Waals surface area contributed by atoms with Crippen molar-refractivity contribution in [3.8, 4) is 0 Å². The third-order valence-electron chi connectivity index (χ3n) is 4.18. The third-order valence-corrected chi connectivity index (χ3v) is 4.18. The maximum Gasteiger partial charge on any atom is 0.0103 e. The molecule has 14 heavy (non-hydrogen) atoms. The average Bonchev–Trinajstić information content (AvgIpc) is 2.55. The Morgan fingerprint density at radius 1 is 0.929 bits per heavy atom. The van der Waals surface area contributed by atoms with E-state index in [1.54, 1.807) is 0 Å². The Hall–Kier alpha value is -0.0400. The fourth-order valence-electron chi connectivity index (χ4n) is 3.63. The molecule has 0 saturated heterocycles. The Kier molecular flexibility index (Phi) is 2.63. The molecule has 2 fully saturated rings. The minimum absolute atomic E-state index is 0.297. The summed E-state index contributed by atoms with van der Waals surface area (Å²) >= 11 is 0. The zero-order valence-corrected chi connectivity index (χ0v) is 10.1. The van der Waals surface area contributed by atoms with Crippen molar-refractivity contribution in [1.29, 1.82) is 0 Å². The molecule has 2 rings (SSSR count). The molecule has 1 N–H and O–H groups in total. The van der Waals surface area contributed by atoms with Crippen LogP contribution in [0.1, 0.15) is 53.4 Å². The monoisotopic (exact) mass is 195 g/mol. The van der Waals surface area contributed by atoms with Crippen molar-refractivity contribution in [1.82, 2.24) is 5.32 Å². The minimum atomic E-state index is 0.297. The summed E-state index contributed by atoms with van der Waals surface area (Å²) in [5, 5.41) is 3.81. The predicted molar refractivity (Wildman–Crippen MR) is 61.3 cm³/mol. The molecule has 0 aliphatic heterocycles. The standard InChI is InChI=1S/C13H25N/c1-9-5-6-11-10(9)7-8-12(11)14-13(2,3)4/h9-12,14H,5-8H2,1-4H3. The molecule has 0 spiro atoms. The van der Waals surface area contributed by atoms with E-state index < -0.39 is 0 Å². The van der Waals surface area contributed by atoms with Gasteiger partial charge in [0.1, 0.15) is 0 Å². The van der Waals surface area contributed by atoms with Crippen LogP contribution in [-0.4, -0.2) is 11.6 Å². The summed E-state index contributed by atoms with van der Waals surface area (Å²) in [7, 11) is 0. The molecule has 0 amide bonds. The molecule has 1 heteroatoms. The van der Waals surface area contributed by atoms with Crippen molar-refractivity contribution < 1.29 is 0 Å². The molecular weight excluding hydrogens is 170 g/mol. The summed E-state index contributed by atoms with van der Waals surface area (Å²) in [5.41, 5.74) is 0.297. The van der Waals surface area contributed by atoms with Crippen LogP contribution in [0.3, 0.4) is 0 Å². The second-order valence-corrected chi connectivity index (χ2v) is 6.46. The lowest BCUT2D eigenvalue weighted by molar-refractivity contribution is 0.284. The Morgan fingerprint density at radius 3 is 2.21 bits per heavy atom.